The lowest BCUT2D eigenvalue weighted by atomic mass is 9.93. The Labute approximate surface area is 155 Å². The highest BCUT2D eigenvalue weighted by Gasteiger charge is 2.36. The maximum Gasteiger partial charge on any atom is 0.184 e. The Balaban J connectivity index is 1.37. The number of nitrogens with zero attached hydrogens (tertiary/aromatic N) is 1. The van der Waals surface area contributed by atoms with Crippen LogP contribution in [0.1, 0.15) is 42.2 Å². The molecule has 3 aliphatic rings. The lowest BCUT2D eigenvalue weighted by Gasteiger charge is -2.34. The monoisotopic (exact) mass is 347 g/mol. The molecule has 134 valence electrons. The molecule has 0 aliphatic carbocycles. The van der Waals surface area contributed by atoms with Crippen LogP contribution in [0.2, 0.25) is 0 Å². The molecule has 0 spiro atoms. The lowest BCUT2D eigenvalue weighted by molar-refractivity contribution is -0.0441. The molecule has 5 rings (SSSR count). The van der Waals surface area contributed by atoms with Gasteiger partial charge >= 0.3 is 0 Å². The Morgan fingerprint density at radius 2 is 1.77 bits per heavy atom. The first-order chi connectivity index (χ1) is 12.9. The first-order valence-electron chi connectivity index (χ1n) is 9.71. The molecule has 0 amide bonds. The number of hydrogen-bond acceptors (Lipinski definition) is 3. The van der Waals surface area contributed by atoms with Gasteiger partial charge in [-0.25, -0.2) is 0 Å². The van der Waals surface area contributed by atoms with Crippen molar-refractivity contribution in [3.63, 3.8) is 0 Å². The van der Waals surface area contributed by atoms with Gasteiger partial charge < -0.3 is 9.47 Å². The minimum absolute atomic E-state index is 0.189. The van der Waals surface area contributed by atoms with Crippen LogP contribution in [0.3, 0.4) is 0 Å². The van der Waals surface area contributed by atoms with E-state index in [1.54, 1.807) is 0 Å². The fourth-order valence-corrected chi connectivity index (χ4v) is 4.61. The van der Waals surface area contributed by atoms with Crippen LogP contribution in [0.25, 0.3) is 5.57 Å². The average Bonchev–Trinajstić information content (AvgIpc) is 3.29. The zero-order valence-corrected chi connectivity index (χ0v) is 15.0. The molecule has 0 N–H and O–H groups in total. The third kappa shape index (κ3) is 3.11. The fraction of sp³-hybridized carbons (Fsp3) is 0.391. The van der Waals surface area contributed by atoms with E-state index in [1.165, 1.54) is 29.5 Å². The molecule has 3 nitrogen and oxygen atoms in total. The second-order valence-corrected chi connectivity index (χ2v) is 7.55. The highest BCUT2D eigenvalue weighted by molar-refractivity contribution is 5.68. The van der Waals surface area contributed by atoms with Gasteiger partial charge in [0.2, 0.25) is 0 Å². The Morgan fingerprint density at radius 1 is 0.923 bits per heavy atom. The van der Waals surface area contributed by atoms with Gasteiger partial charge in [-0.15, -0.1) is 0 Å². The molecule has 2 unspecified atom stereocenters. The van der Waals surface area contributed by atoms with Crippen LogP contribution in [0.5, 0.6) is 0 Å². The first kappa shape index (κ1) is 16.2. The molecule has 2 saturated heterocycles. The summed E-state index contributed by atoms with van der Waals surface area (Å²) in [5, 5.41) is 0. The predicted octanol–water partition coefficient (Wildman–Crippen LogP) is 4.55. The van der Waals surface area contributed by atoms with Crippen LogP contribution in [0.15, 0.2) is 60.7 Å². The highest BCUT2D eigenvalue weighted by atomic mass is 16.7. The Kier molecular flexibility index (Phi) is 4.37. The standard InChI is InChI=1S/C23H25NO2/c1-2-5-17(6-3-1)16-24-21-9-10-22(24)15-20(14-21)18-7-4-8-19(13-18)23-25-11-12-26-23/h1-8,13-14,21-23H,9-12,15-16H2. The van der Waals surface area contributed by atoms with E-state index in [4.69, 9.17) is 9.47 Å². The van der Waals surface area contributed by atoms with Crippen LogP contribution in [-0.4, -0.2) is 30.2 Å². The second-order valence-electron chi connectivity index (χ2n) is 7.55. The summed E-state index contributed by atoms with van der Waals surface area (Å²) in [6, 6.07) is 20.8. The quantitative estimate of drug-likeness (QED) is 0.810. The van der Waals surface area contributed by atoms with Crippen LogP contribution in [-0.2, 0) is 16.0 Å². The summed E-state index contributed by atoms with van der Waals surface area (Å²) in [6.45, 7) is 2.44. The van der Waals surface area contributed by atoms with Crippen molar-refractivity contribution in [3.05, 3.63) is 77.4 Å². The van der Waals surface area contributed by atoms with E-state index >= 15 is 0 Å². The first-order valence-corrected chi connectivity index (χ1v) is 9.71. The van der Waals surface area contributed by atoms with E-state index in [1.807, 2.05) is 0 Å². The molecular formula is C23H25NO2. The summed E-state index contributed by atoms with van der Waals surface area (Å²) in [7, 11) is 0. The number of fused-ring (bicyclic) bond motifs is 2. The molecular weight excluding hydrogens is 322 g/mol. The van der Waals surface area contributed by atoms with Gasteiger partial charge in [-0.3, -0.25) is 4.90 Å². The van der Waals surface area contributed by atoms with Crippen molar-refractivity contribution < 1.29 is 9.47 Å². The van der Waals surface area contributed by atoms with Gasteiger partial charge in [-0.05, 0) is 42.0 Å². The molecule has 26 heavy (non-hydrogen) atoms. The minimum atomic E-state index is -0.189. The SMILES string of the molecule is C1=C(c2cccc(C3OCCO3)c2)CC2CCC1N2Cc1ccccc1. The van der Waals surface area contributed by atoms with Gasteiger partial charge in [-0.1, -0.05) is 54.6 Å². The molecule has 2 fully saturated rings. The third-order valence-corrected chi connectivity index (χ3v) is 5.90. The van der Waals surface area contributed by atoms with E-state index in [0.29, 0.717) is 25.3 Å². The van der Waals surface area contributed by atoms with E-state index in [2.05, 4.69) is 65.6 Å². The Morgan fingerprint density at radius 3 is 2.58 bits per heavy atom. The van der Waals surface area contributed by atoms with Crippen molar-refractivity contribution in [2.45, 2.75) is 44.2 Å². The van der Waals surface area contributed by atoms with Crippen molar-refractivity contribution in [2.24, 2.45) is 0 Å². The molecule has 2 aromatic rings. The topological polar surface area (TPSA) is 21.7 Å². The van der Waals surface area contributed by atoms with Crippen molar-refractivity contribution in [2.75, 3.05) is 13.2 Å². The molecule has 3 heteroatoms. The van der Waals surface area contributed by atoms with Crippen LogP contribution < -0.4 is 0 Å². The van der Waals surface area contributed by atoms with Gasteiger partial charge in [0.15, 0.2) is 6.29 Å². The normalized spacial score (nSPS) is 26.2. The largest absolute Gasteiger partial charge is 0.346 e. The second kappa shape index (κ2) is 6.99. The van der Waals surface area contributed by atoms with Crippen LogP contribution in [0, 0.1) is 0 Å². The number of rotatable bonds is 4. The van der Waals surface area contributed by atoms with E-state index in [-0.39, 0.29) is 6.29 Å². The number of benzene rings is 2. The zero-order valence-electron chi connectivity index (χ0n) is 15.0. The van der Waals surface area contributed by atoms with Gasteiger partial charge in [0.1, 0.15) is 0 Å². The summed E-state index contributed by atoms with van der Waals surface area (Å²) in [5.41, 5.74) is 5.37. The van der Waals surface area contributed by atoms with Crippen LogP contribution >= 0.6 is 0 Å². The summed E-state index contributed by atoms with van der Waals surface area (Å²) in [4.78, 5) is 2.69. The molecule has 3 heterocycles. The molecule has 2 bridgehead atoms. The molecule has 3 aliphatic heterocycles. The van der Waals surface area contributed by atoms with Crippen molar-refractivity contribution in [3.8, 4) is 0 Å². The fourth-order valence-electron chi connectivity index (χ4n) is 4.61. The van der Waals surface area contributed by atoms with Gasteiger partial charge in [0.05, 0.1) is 13.2 Å². The van der Waals surface area contributed by atoms with Crippen molar-refractivity contribution in [1.82, 2.24) is 4.90 Å². The summed E-state index contributed by atoms with van der Waals surface area (Å²) < 4.78 is 11.3. The average molecular weight is 347 g/mol. The predicted molar refractivity (Wildman–Crippen MR) is 102 cm³/mol. The lowest BCUT2D eigenvalue weighted by Crippen LogP contribution is -2.37. The zero-order chi connectivity index (χ0) is 17.3. The molecule has 2 atom stereocenters. The molecule has 2 aromatic carbocycles. The maximum absolute atomic E-state index is 5.67. The third-order valence-electron chi connectivity index (χ3n) is 5.90. The van der Waals surface area contributed by atoms with Gasteiger partial charge in [0.25, 0.3) is 0 Å². The highest BCUT2D eigenvalue weighted by Crippen LogP contribution is 2.40. The van der Waals surface area contributed by atoms with Gasteiger partial charge in [-0.2, -0.15) is 0 Å². The van der Waals surface area contributed by atoms with Gasteiger partial charge in [0, 0.05) is 24.2 Å². The summed E-state index contributed by atoms with van der Waals surface area (Å²) in [5.74, 6) is 0. The number of hydrogen-bond donors (Lipinski definition) is 0. The van der Waals surface area contributed by atoms with Crippen LogP contribution in [0.4, 0.5) is 0 Å². The van der Waals surface area contributed by atoms with E-state index in [9.17, 15) is 0 Å². The van der Waals surface area contributed by atoms with Crippen molar-refractivity contribution in [1.29, 1.82) is 0 Å². The van der Waals surface area contributed by atoms with E-state index < -0.39 is 0 Å². The van der Waals surface area contributed by atoms with Crippen molar-refractivity contribution >= 4 is 5.57 Å². The Hall–Kier alpha value is -1.94. The molecule has 0 aromatic heterocycles. The summed E-state index contributed by atoms with van der Waals surface area (Å²) >= 11 is 0. The molecule has 0 radical (unpaired) electrons. The minimum Gasteiger partial charge on any atom is -0.346 e. The maximum atomic E-state index is 5.67. The van der Waals surface area contributed by atoms with E-state index in [0.717, 1.165) is 18.5 Å². The molecule has 0 saturated carbocycles. The number of ether oxygens (including phenoxy) is 2. The summed E-state index contributed by atoms with van der Waals surface area (Å²) in [6.07, 6.45) is 6.02. The Bertz CT molecular complexity index is 795. The smallest absolute Gasteiger partial charge is 0.184 e.